The first-order valence-electron chi connectivity index (χ1n) is 8.05. The topological polar surface area (TPSA) is 49.4 Å². The number of carbonyl (C=O) groups excluding carboxylic acids is 2. The van der Waals surface area contributed by atoms with Crippen molar-refractivity contribution >= 4 is 11.8 Å². The zero-order chi connectivity index (χ0) is 14.9. The number of nitrogens with zero attached hydrogens (tertiary/aromatic N) is 1. The van der Waals surface area contributed by atoms with Crippen molar-refractivity contribution in [3.63, 3.8) is 0 Å². The number of nitrogens with one attached hydrogen (secondary N) is 1. The van der Waals surface area contributed by atoms with Gasteiger partial charge in [0, 0.05) is 19.0 Å². The summed E-state index contributed by atoms with van der Waals surface area (Å²) in [5.74, 6) is 1.55. The molecule has 4 heteroatoms. The molecule has 2 fully saturated rings. The zero-order valence-electron chi connectivity index (χ0n) is 13.2. The van der Waals surface area contributed by atoms with Gasteiger partial charge in [-0.05, 0) is 30.6 Å². The van der Waals surface area contributed by atoms with Gasteiger partial charge in [-0.1, -0.05) is 34.1 Å². The highest BCUT2D eigenvalue weighted by Crippen LogP contribution is 2.37. The van der Waals surface area contributed by atoms with Crippen molar-refractivity contribution in [1.29, 1.82) is 0 Å². The van der Waals surface area contributed by atoms with E-state index < -0.39 is 0 Å². The molecule has 4 unspecified atom stereocenters. The van der Waals surface area contributed by atoms with Gasteiger partial charge in [-0.2, -0.15) is 0 Å². The number of rotatable bonds is 3. The smallest absolute Gasteiger partial charge is 0.245 e. The summed E-state index contributed by atoms with van der Waals surface area (Å²) in [7, 11) is 0. The normalized spacial score (nSPS) is 35.4. The zero-order valence-corrected chi connectivity index (χ0v) is 13.2. The third-order valence-electron chi connectivity index (χ3n) is 5.22. The van der Waals surface area contributed by atoms with E-state index in [4.69, 9.17) is 0 Å². The van der Waals surface area contributed by atoms with Gasteiger partial charge in [0.2, 0.25) is 11.8 Å². The molecular formula is C16H28N2O2. The summed E-state index contributed by atoms with van der Waals surface area (Å²) in [5.41, 5.74) is 0. The van der Waals surface area contributed by atoms with Crippen LogP contribution in [0.15, 0.2) is 0 Å². The van der Waals surface area contributed by atoms with E-state index in [9.17, 15) is 9.59 Å². The van der Waals surface area contributed by atoms with Crippen molar-refractivity contribution in [3.8, 4) is 0 Å². The fraction of sp³-hybridized carbons (Fsp3) is 0.875. The molecule has 1 saturated heterocycles. The van der Waals surface area contributed by atoms with Crippen molar-refractivity contribution < 1.29 is 9.59 Å². The minimum atomic E-state index is -0.349. The summed E-state index contributed by atoms with van der Waals surface area (Å²) in [6.07, 6.45) is 3.92. The molecule has 0 aromatic carbocycles. The van der Waals surface area contributed by atoms with Crippen LogP contribution < -0.4 is 5.32 Å². The molecule has 2 amide bonds. The Bertz CT molecular complexity index is 381. The number of hydrogen-bond donors (Lipinski definition) is 1. The Morgan fingerprint density at radius 1 is 1.30 bits per heavy atom. The molecule has 4 atom stereocenters. The third kappa shape index (κ3) is 2.84. The number of carbonyl (C=O) groups is 2. The van der Waals surface area contributed by atoms with E-state index in [0.717, 1.165) is 12.3 Å². The summed E-state index contributed by atoms with van der Waals surface area (Å²) in [4.78, 5) is 26.6. The SMILES string of the molecule is CCC1CCC(N2CCC(=O)NC(C(C)C)C2=O)C1C. The predicted octanol–water partition coefficient (Wildman–Crippen LogP) is 2.18. The van der Waals surface area contributed by atoms with E-state index in [-0.39, 0.29) is 23.8 Å². The van der Waals surface area contributed by atoms with Gasteiger partial charge in [0.05, 0.1) is 0 Å². The van der Waals surface area contributed by atoms with E-state index in [1.54, 1.807) is 0 Å². The van der Waals surface area contributed by atoms with Crippen molar-refractivity contribution in [1.82, 2.24) is 10.2 Å². The predicted molar refractivity (Wildman–Crippen MR) is 79.1 cm³/mol. The minimum absolute atomic E-state index is 0.0113. The van der Waals surface area contributed by atoms with Crippen LogP contribution in [0.2, 0.25) is 0 Å². The molecule has 1 saturated carbocycles. The fourth-order valence-electron chi connectivity index (χ4n) is 3.84. The highest BCUT2D eigenvalue weighted by atomic mass is 16.2. The molecule has 0 bridgehead atoms. The summed E-state index contributed by atoms with van der Waals surface area (Å²) in [6, 6.07) is -0.0284. The molecule has 0 aromatic rings. The fourth-order valence-corrected chi connectivity index (χ4v) is 3.84. The van der Waals surface area contributed by atoms with Crippen LogP contribution in [0.25, 0.3) is 0 Å². The highest BCUT2D eigenvalue weighted by Gasteiger charge is 2.41. The Balaban J connectivity index is 2.17. The first kappa shape index (κ1) is 15.3. The molecule has 2 rings (SSSR count). The molecule has 0 spiro atoms. The van der Waals surface area contributed by atoms with Crippen molar-refractivity contribution in [3.05, 3.63) is 0 Å². The van der Waals surface area contributed by atoms with E-state index in [1.165, 1.54) is 12.8 Å². The number of amides is 2. The first-order chi connectivity index (χ1) is 9.45. The maximum Gasteiger partial charge on any atom is 0.245 e. The molecule has 0 aromatic heterocycles. The van der Waals surface area contributed by atoms with Crippen LogP contribution in [0.3, 0.4) is 0 Å². The van der Waals surface area contributed by atoms with Gasteiger partial charge >= 0.3 is 0 Å². The van der Waals surface area contributed by atoms with E-state index >= 15 is 0 Å². The summed E-state index contributed by atoms with van der Waals surface area (Å²) in [6.45, 7) is 9.08. The molecule has 1 aliphatic carbocycles. The molecule has 2 aliphatic rings. The summed E-state index contributed by atoms with van der Waals surface area (Å²) < 4.78 is 0. The van der Waals surface area contributed by atoms with Gasteiger partial charge in [-0.25, -0.2) is 0 Å². The highest BCUT2D eigenvalue weighted by molar-refractivity contribution is 5.90. The molecule has 0 radical (unpaired) electrons. The average Bonchev–Trinajstić information content (AvgIpc) is 2.69. The lowest BCUT2D eigenvalue weighted by Gasteiger charge is -2.34. The monoisotopic (exact) mass is 280 g/mol. The van der Waals surface area contributed by atoms with E-state index in [1.807, 2.05) is 18.7 Å². The molecule has 114 valence electrons. The molecule has 20 heavy (non-hydrogen) atoms. The Hall–Kier alpha value is -1.06. The van der Waals surface area contributed by atoms with Gasteiger partial charge in [-0.3, -0.25) is 9.59 Å². The Morgan fingerprint density at radius 2 is 2.00 bits per heavy atom. The van der Waals surface area contributed by atoms with Gasteiger partial charge in [0.25, 0.3) is 0 Å². The van der Waals surface area contributed by atoms with Crippen LogP contribution in [0.5, 0.6) is 0 Å². The second-order valence-corrected chi connectivity index (χ2v) is 6.74. The largest absolute Gasteiger partial charge is 0.344 e. The quantitative estimate of drug-likeness (QED) is 0.861. The second-order valence-electron chi connectivity index (χ2n) is 6.74. The van der Waals surface area contributed by atoms with Crippen molar-refractivity contribution in [2.45, 2.75) is 65.5 Å². The molecule has 1 heterocycles. The van der Waals surface area contributed by atoms with Crippen LogP contribution in [0, 0.1) is 17.8 Å². The van der Waals surface area contributed by atoms with Gasteiger partial charge < -0.3 is 10.2 Å². The lowest BCUT2D eigenvalue weighted by Crippen LogP contribution is -2.51. The lowest BCUT2D eigenvalue weighted by atomic mass is 9.92. The van der Waals surface area contributed by atoms with Crippen molar-refractivity contribution in [2.75, 3.05) is 6.54 Å². The van der Waals surface area contributed by atoms with Crippen molar-refractivity contribution in [2.24, 2.45) is 17.8 Å². The standard InChI is InChI=1S/C16H28N2O2/c1-5-12-6-7-13(11(12)4)18-9-8-14(19)17-15(10(2)3)16(18)20/h10-13,15H,5-9H2,1-4H3,(H,17,19). The Morgan fingerprint density at radius 3 is 2.55 bits per heavy atom. The molecule has 1 N–H and O–H groups in total. The van der Waals surface area contributed by atoms with Crippen LogP contribution in [0.1, 0.15) is 53.4 Å². The molecular weight excluding hydrogens is 252 g/mol. The number of hydrogen-bond acceptors (Lipinski definition) is 2. The van der Waals surface area contributed by atoms with Crippen LogP contribution in [-0.4, -0.2) is 35.3 Å². The van der Waals surface area contributed by atoms with Crippen LogP contribution >= 0.6 is 0 Å². The van der Waals surface area contributed by atoms with Crippen LogP contribution in [0.4, 0.5) is 0 Å². The minimum Gasteiger partial charge on any atom is -0.344 e. The summed E-state index contributed by atoms with van der Waals surface area (Å²) in [5, 5.41) is 2.89. The summed E-state index contributed by atoms with van der Waals surface area (Å²) >= 11 is 0. The maximum absolute atomic E-state index is 12.8. The molecule has 1 aliphatic heterocycles. The average molecular weight is 280 g/mol. The van der Waals surface area contributed by atoms with Crippen LogP contribution in [-0.2, 0) is 9.59 Å². The van der Waals surface area contributed by atoms with Gasteiger partial charge in [0.15, 0.2) is 0 Å². The second kappa shape index (κ2) is 6.15. The lowest BCUT2D eigenvalue weighted by molar-refractivity contribution is -0.137. The van der Waals surface area contributed by atoms with Gasteiger partial charge in [-0.15, -0.1) is 0 Å². The van der Waals surface area contributed by atoms with E-state index in [0.29, 0.717) is 24.9 Å². The first-order valence-corrected chi connectivity index (χ1v) is 8.05. The molecule has 4 nitrogen and oxygen atoms in total. The van der Waals surface area contributed by atoms with Gasteiger partial charge in [0.1, 0.15) is 6.04 Å². The maximum atomic E-state index is 12.8. The third-order valence-corrected chi connectivity index (χ3v) is 5.22. The van der Waals surface area contributed by atoms with E-state index in [2.05, 4.69) is 19.2 Å². The Kier molecular flexibility index (Phi) is 4.71. The Labute approximate surface area is 122 Å².